The largest absolute Gasteiger partial charge is 0.454 e. The number of rotatable bonds is 4. The average molecular weight is 463 g/mol. The molecule has 5 nitrogen and oxygen atoms in total. The highest BCUT2D eigenvalue weighted by molar-refractivity contribution is 9.11. The van der Waals surface area contributed by atoms with Crippen molar-refractivity contribution in [1.82, 2.24) is 4.31 Å². The van der Waals surface area contributed by atoms with Crippen molar-refractivity contribution in [2.75, 3.05) is 13.8 Å². The molecule has 0 atom stereocenters. The second-order valence-electron chi connectivity index (χ2n) is 5.02. The molecule has 0 aromatic heterocycles. The van der Waals surface area contributed by atoms with Crippen LogP contribution in [0.2, 0.25) is 0 Å². The molecular weight excluding hydrogens is 450 g/mol. The van der Waals surface area contributed by atoms with Crippen LogP contribution in [0.5, 0.6) is 11.5 Å². The Kier molecular flexibility index (Phi) is 4.68. The molecule has 0 saturated heterocycles. The first-order valence-corrected chi connectivity index (χ1v) is 9.70. The van der Waals surface area contributed by atoms with Crippen LogP contribution in [0.25, 0.3) is 0 Å². The Morgan fingerprint density at radius 2 is 1.83 bits per heavy atom. The zero-order valence-electron chi connectivity index (χ0n) is 12.1. The third-order valence-corrected chi connectivity index (χ3v) is 6.71. The monoisotopic (exact) mass is 461 g/mol. The van der Waals surface area contributed by atoms with Crippen molar-refractivity contribution in [3.05, 3.63) is 50.9 Å². The lowest BCUT2D eigenvalue weighted by atomic mass is 10.2. The highest BCUT2D eigenvalue weighted by atomic mass is 79.9. The highest BCUT2D eigenvalue weighted by Crippen LogP contribution is 2.33. The molecule has 1 aliphatic rings. The molecule has 0 amide bonds. The van der Waals surface area contributed by atoms with E-state index >= 15 is 0 Å². The molecule has 0 fully saturated rings. The van der Waals surface area contributed by atoms with Gasteiger partial charge >= 0.3 is 0 Å². The molecule has 0 radical (unpaired) electrons. The van der Waals surface area contributed by atoms with Crippen molar-refractivity contribution in [2.45, 2.75) is 11.4 Å². The van der Waals surface area contributed by atoms with Crippen molar-refractivity contribution >= 4 is 41.9 Å². The van der Waals surface area contributed by atoms with Crippen LogP contribution in [0.4, 0.5) is 0 Å². The first kappa shape index (κ1) is 16.8. The molecule has 0 spiro atoms. The van der Waals surface area contributed by atoms with E-state index in [1.807, 2.05) is 6.07 Å². The Labute approximate surface area is 151 Å². The second kappa shape index (κ2) is 6.43. The molecule has 122 valence electrons. The summed E-state index contributed by atoms with van der Waals surface area (Å²) < 4.78 is 38.6. The summed E-state index contributed by atoms with van der Waals surface area (Å²) in [6.45, 7) is 0.426. The van der Waals surface area contributed by atoms with Crippen LogP contribution in [0.3, 0.4) is 0 Å². The van der Waals surface area contributed by atoms with Crippen LogP contribution in [0, 0.1) is 0 Å². The zero-order chi connectivity index (χ0) is 16.6. The first-order valence-electron chi connectivity index (χ1n) is 6.68. The summed E-state index contributed by atoms with van der Waals surface area (Å²) in [7, 11) is -2.07. The number of benzene rings is 2. The molecule has 23 heavy (non-hydrogen) atoms. The van der Waals surface area contributed by atoms with Gasteiger partial charge in [-0.1, -0.05) is 22.0 Å². The molecular formula is C15H13Br2NO4S. The van der Waals surface area contributed by atoms with Crippen molar-refractivity contribution in [3.8, 4) is 11.5 Å². The summed E-state index contributed by atoms with van der Waals surface area (Å²) in [5, 5.41) is 0. The Bertz CT molecular complexity index is 855. The number of hydrogen-bond donors (Lipinski definition) is 0. The molecule has 0 bridgehead atoms. The normalized spacial score (nSPS) is 13.6. The standard InChI is InChI=1S/C15H13Br2NO4S/c1-18(8-10-2-5-13-14(6-10)22-9-21-13)23(19,20)15-7-11(16)3-4-12(15)17/h2-7H,8-9H2,1H3. The minimum Gasteiger partial charge on any atom is -0.454 e. The van der Waals surface area contributed by atoms with Crippen molar-refractivity contribution in [3.63, 3.8) is 0 Å². The SMILES string of the molecule is CN(Cc1ccc2c(c1)OCO2)S(=O)(=O)c1cc(Br)ccc1Br. The summed E-state index contributed by atoms with van der Waals surface area (Å²) in [4.78, 5) is 0.218. The topological polar surface area (TPSA) is 55.8 Å². The maximum absolute atomic E-state index is 12.8. The second-order valence-corrected chi connectivity index (χ2v) is 8.81. The zero-order valence-corrected chi connectivity index (χ0v) is 16.1. The van der Waals surface area contributed by atoms with E-state index in [0.29, 0.717) is 20.4 Å². The van der Waals surface area contributed by atoms with E-state index in [2.05, 4.69) is 31.9 Å². The van der Waals surface area contributed by atoms with Gasteiger partial charge in [0.05, 0.1) is 4.90 Å². The predicted molar refractivity (Wildman–Crippen MR) is 93.1 cm³/mol. The van der Waals surface area contributed by atoms with Gasteiger partial charge in [0.1, 0.15) is 0 Å². The Balaban J connectivity index is 1.87. The Morgan fingerprint density at radius 3 is 2.61 bits per heavy atom. The highest BCUT2D eigenvalue weighted by Gasteiger charge is 2.24. The maximum atomic E-state index is 12.8. The smallest absolute Gasteiger partial charge is 0.244 e. The number of hydrogen-bond acceptors (Lipinski definition) is 4. The van der Waals surface area contributed by atoms with E-state index in [-0.39, 0.29) is 18.2 Å². The van der Waals surface area contributed by atoms with E-state index in [9.17, 15) is 8.42 Å². The molecule has 1 aliphatic heterocycles. The molecule has 0 N–H and O–H groups in total. The maximum Gasteiger partial charge on any atom is 0.244 e. The fraction of sp³-hybridized carbons (Fsp3) is 0.200. The Hall–Kier alpha value is -1.09. The molecule has 0 aliphatic carbocycles. The lowest BCUT2D eigenvalue weighted by Crippen LogP contribution is -2.26. The molecule has 8 heteroatoms. The molecule has 3 rings (SSSR count). The summed E-state index contributed by atoms with van der Waals surface area (Å²) in [6, 6.07) is 10.5. The molecule has 2 aromatic rings. The van der Waals surface area contributed by atoms with Crippen molar-refractivity contribution < 1.29 is 17.9 Å². The van der Waals surface area contributed by atoms with Gasteiger partial charge in [0.15, 0.2) is 11.5 Å². The number of ether oxygens (including phenoxy) is 2. The predicted octanol–water partition coefficient (Wildman–Crippen LogP) is 3.76. The van der Waals surface area contributed by atoms with Crippen LogP contribution in [0.15, 0.2) is 50.2 Å². The first-order chi connectivity index (χ1) is 10.9. The van der Waals surface area contributed by atoms with Gasteiger partial charge in [-0.3, -0.25) is 0 Å². The third kappa shape index (κ3) is 3.40. The molecule has 1 heterocycles. The van der Waals surface area contributed by atoms with E-state index in [1.54, 1.807) is 37.4 Å². The minimum atomic E-state index is -3.62. The number of fused-ring (bicyclic) bond motifs is 1. The Morgan fingerprint density at radius 1 is 1.09 bits per heavy atom. The van der Waals surface area contributed by atoms with Gasteiger partial charge in [0.2, 0.25) is 16.8 Å². The fourth-order valence-electron chi connectivity index (χ4n) is 2.22. The third-order valence-electron chi connectivity index (χ3n) is 3.42. The van der Waals surface area contributed by atoms with Gasteiger partial charge in [-0.05, 0) is 51.8 Å². The minimum absolute atomic E-state index is 0.192. The number of sulfonamides is 1. The average Bonchev–Trinajstić information content (AvgIpc) is 2.97. The molecule has 2 aromatic carbocycles. The quantitative estimate of drug-likeness (QED) is 0.694. The van der Waals surface area contributed by atoms with E-state index in [1.165, 1.54) is 4.31 Å². The van der Waals surface area contributed by atoms with E-state index < -0.39 is 10.0 Å². The van der Waals surface area contributed by atoms with Crippen LogP contribution < -0.4 is 9.47 Å². The lowest BCUT2D eigenvalue weighted by molar-refractivity contribution is 0.174. The van der Waals surface area contributed by atoms with Gasteiger partial charge in [0.25, 0.3) is 0 Å². The van der Waals surface area contributed by atoms with Gasteiger partial charge in [-0.25, -0.2) is 8.42 Å². The fourth-order valence-corrected chi connectivity index (χ4v) is 4.84. The number of halogens is 2. The molecule has 0 saturated carbocycles. The van der Waals surface area contributed by atoms with Crippen LogP contribution >= 0.6 is 31.9 Å². The van der Waals surface area contributed by atoms with Crippen molar-refractivity contribution in [1.29, 1.82) is 0 Å². The van der Waals surface area contributed by atoms with Gasteiger partial charge in [0, 0.05) is 22.5 Å². The van der Waals surface area contributed by atoms with Crippen LogP contribution in [-0.4, -0.2) is 26.6 Å². The van der Waals surface area contributed by atoms with Crippen LogP contribution in [-0.2, 0) is 16.6 Å². The van der Waals surface area contributed by atoms with Crippen LogP contribution in [0.1, 0.15) is 5.56 Å². The summed E-state index contributed by atoms with van der Waals surface area (Å²) in [6.07, 6.45) is 0. The van der Waals surface area contributed by atoms with E-state index in [0.717, 1.165) is 5.56 Å². The number of nitrogens with zero attached hydrogens (tertiary/aromatic N) is 1. The summed E-state index contributed by atoms with van der Waals surface area (Å²) in [5.41, 5.74) is 0.825. The van der Waals surface area contributed by atoms with Gasteiger partial charge < -0.3 is 9.47 Å². The van der Waals surface area contributed by atoms with Gasteiger partial charge in [-0.15, -0.1) is 0 Å². The van der Waals surface area contributed by atoms with Gasteiger partial charge in [-0.2, -0.15) is 4.31 Å². The summed E-state index contributed by atoms with van der Waals surface area (Å²) >= 11 is 6.60. The van der Waals surface area contributed by atoms with Crippen molar-refractivity contribution in [2.24, 2.45) is 0 Å². The summed E-state index contributed by atoms with van der Waals surface area (Å²) in [5.74, 6) is 1.31. The lowest BCUT2D eigenvalue weighted by Gasteiger charge is -2.18. The van der Waals surface area contributed by atoms with E-state index in [4.69, 9.17) is 9.47 Å². The molecule has 0 unspecified atom stereocenters.